The number of nitrogens with one attached hydrogen (secondary N) is 1. The molecule has 0 saturated carbocycles. The highest BCUT2D eigenvalue weighted by atomic mass is 16.5. The van der Waals surface area contributed by atoms with E-state index in [0.29, 0.717) is 25.1 Å². The fourth-order valence-corrected chi connectivity index (χ4v) is 3.93. The number of rotatable bonds is 9. The standard InChI is InChI=1S/C28H31N3O2/c1-20-10-13-23(14-11-20)28(32)29-16-15-27-30-24-7-4-5-8-25(24)31(27)17-6-18-33-26-19-21(2)9-12-22(26)3/h4-5,7-14,19H,6,15-18H2,1-3H3,(H,29,32). The molecule has 5 heteroatoms. The van der Waals surface area contributed by atoms with Crippen LogP contribution in [-0.2, 0) is 13.0 Å². The zero-order chi connectivity index (χ0) is 23.2. The maximum absolute atomic E-state index is 12.4. The molecule has 0 aliphatic heterocycles. The van der Waals surface area contributed by atoms with Gasteiger partial charge in [-0.15, -0.1) is 0 Å². The van der Waals surface area contributed by atoms with Crippen molar-refractivity contribution in [3.05, 3.63) is 94.8 Å². The van der Waals surface area contributed by atoms with Crippen LogP contribution in [-0.4, -0.2) is 28.6 Å². The van der Waals surface area contributed by atoms with Crippen LogP contribution in [0.1, 0.15) is 39.3 Å². The fraction of sp³-hybridized carbons (Fsp3) is 0.286. The second-order valence-electron chi connectivity index (χ2n) is 8.51. The molecule has 0 aliphatic carbocycles. The number of fused-ring (bicyclic) bond motifs is 1. The molecule has 3 aromatic carbocycles. The molecule has 0 saturated heterocycles. The van der Waals surface area contributed by atoms with E-state index in [4.69, 9.17) is 9.72 Å². The minimum Gasteiger partial charge on any atom is -0.493 e. The highest BCUT2D eigenvalue weighted by Gasteiger charge is 2.12. The van der Waals surface area contributed by atoms with Gasteiger partial charge < -0.3 is 14.6 Å². The van der Waals surface area contributed by atoms with E-state index in [2.05, 4.69) is 48.0 Å². The predicted octanol–water partition coefficient (Wildman–Crippen LogP) is 5.40. The van der Waals surface area contributed by atoms with Gasteiger partial charge in [0.15, 0.2) is 0 Å². The second kappa shape index (κ2) is 10.3. The third kappa shape index (κ3) is 5.61. The number of aryl methyl sites for hydroxylation is 4. The lowest BCUT2D eigenvalue weighted by Gasteiger charge is -2.12. The highest BCUT2D eigenvalue weighted by Crippen LogP contribution is 2.20. The summed E-state index contributed by atoms with van der Waals surface area (Å²) in [5.74, 6) is 1.87. The Bertz CT molecular complexity index is 1240. The third-order valence-corrected chi connectivity index (χ3v) is 5.81. The van der Waals surface area contributed by atoms with E-state index in [1.807, 2.05) is 49.4 Å². The number of ether oxygens (including phenoxy) is 1. The van der Waals surface area contributed by atoms with Crippen molar-refractivity contribution in [3.8, 4) is 5.75 Å². The van der Waals surface area contributed by atoms with Gasteiger partial charge in [-0.2, -0.15) is 0 Å². The zero-order valence-corrected chi connectivity index (χ0v) is 19.6. The number of para-hydroxylation sites is 2. The van der Waals surface area contributed by atoms with Crippen LogP contribution in [0.25, 0.3) is 11.0 Å². The molecule has 0 bridgehead atoms. The van der Waals surface area contributed by atoms with Crippen molar-refractivity contribution in [1.29, 1.82) is 0 Å². The average Bonchev–Trinajstić information content (AvgIpc) is 3.16. The minimum atomic E-state index is -0.0559. The van der Waals surface area contributed by atoms with Gasteiger partial charge in [0.25, 0.3) is 5.91 Å². The first-order valence-electron chi connectivity index (χ1n) is 11.5. The SMILES string of the molecule is Cc1ccc(C(=O)NCCc2nc3ccccc3n2CCCOc2cc(C)ccc2C)cc1. The molecule has 0 radical (unpaired) electrons. The van der Waals surface area contributed by atoms with Gasteiger partial charge >= 0.3 is 0 Å². The van der Waals surface area contributed by atoms with E-state index in [-0.39, 0.29) is 5.91 Å². The summed E-state index contributed by atoms with van der Waals surface area (Å²) >= 11 is 0. The molecule has 4 rings (SSSR count). The maximum atomic E-state index is 12.4. The van der Waals surface area contributed by atoms with E-state index >= 15 is 0 Å². The fourth-order valence-electron chi connectivity index (χ4n) is 3.93. The largest absolute Gasteiger partial charge is 0.493 e. The number of benzene rings is 3. The Morgan fingerprint density at radius 2 is 1.73 bits per heavy atom. The van der Waals surface area contributed by atoms with Crippen LogP contribution in [0.5, 0.6) is 5.75 Å². The zero-order valence-electron chi connectivity index (χ0n) is 19.6. The van der Waals surface area contributed by atoms with E-state index < -0.39 is 0 Å². The van der Waals surface area contributed by atoms with Crippen molar-refractivity contribution in [2.75, 3.05) is 13.2 Å². The van der Waals surface area contributed by atoms with Gasteiger partial charge in [-0.1, -0.05) is 42.0 Å². The summed E-state index contributed by atoms with van der Waals surface area (Å²) in [6, 6.07) is 22.1. The van der Waals surface area contributed by atoms with Crippen molar-refractivity contribution in [2.24, 2.45) is 0 Å². The van der Waals surface area contributed by atoms with Crippen molar-refractivity contribution in [3.63, 3.8) is 0 Å². The van der Waals surface area contributed by atoms with Crippen LogP contribution in [0.4, 0.5) is 0 Å². The Morgan fingerprint density at radius 1 is 0.970 bits per heavy atom. The highest BCUT2D eigenvalue weighted by molar-refractivity contribution is 5.94. The summed E-state index contributed by atoms with van der Waals surface area (Å²) in [6.45, 7) is 8.15. The number of amides is 1. The number of carbonyl (C=O) groups is 1. The number of hydrogen-bond donors (Lipinski definition) is 1. The van der Waals surface area contributed by atoms with E-state index in [0.717, 1.165) is 46.7 Å². The molecule has 0 atom stereocenters. The first-order chi connectivity index (χ1) is 16.0. The molecule has 0 spiro atoms. The topological polar surface area (TPSA) is 56.2 Å². The second-order valence-corrected chi connectivity index (χ2v) is 8.51. The summed E-state index contributed by atoms with van der Waals surface area (Å²) in [6.07, 6.45) is 1.54. The molecule has 0 aliphatic rings. The summed E-state index contributed by atoms with van der Waals surface area (Å²) in [7, 11) is 0. The molecule has 1 amide bonds. The lowest BCUT2D eigenvalue weighted by molar-refractivity contribution is 0.0954. The lowest BCUT2D eigenvalue weighted by Crippen LogP contribution is -2.26. The van der Waals surface area contributed by atoms with Gasteiger partial charge in [0.1, 0.15) is 11.6 Å². The lowest BCUT2D eigenvalue weighted by atomic mass is 10.1. The summed E-state index contributed by atoms with van der Waals surface area (Å²) in [5.41, 5.74) is 6.27. The normalized spacial score (nSPS) is 11.0. The van der Waals surface area contributed by atoms with Crippen molar-refractivity contribution < 1.29 is 9.53 Å². The monoisotopic (exact) mass is 441 g/mol. The molecule has 4 aromatic rings. The van der Waals surface area contributed by atoms with Crippen molar-refractivity contribution >= 4 is 16.9 Å². The Balaban J connectivity index is 1.38. The minimum absolute atomic E-state index is 0.0559. The first kappa shape index (κ1) is 22.6. The van der Waals surface area contributed by atoms with Gasteiger partial charge in [-0.3, -0.25) is 4.79 Å². The van der Waals surface area contributed by atoms with Crippen molar-refractivity contribution in [2.45, 2.75) is 40.2 Å². The van der Waals surface area contributed by atoms with Gasteiger partial charge in [0, 0.05) is 25.1 Å². The summed E-state index contributed by atoms with van der Waals surface area (Å²) in [4.78, 5) is 17.3. The molecular weight excluding hydrogens is 410 g/mol. The quantitative estimate of drug-likeness (QED) is 0.354. The number of carbonyl (C=O) groups excluding carboxylic acids is 1. The third-order valence-electron chi connectivity index (χ3n) is 5.81. The molecule has 1 heterocycles. The Kier molecular flexibility index (Phi) is 7.08. The number of aromatic nitrogens is 2. The van der Waals surface area contributed by atoms with Crippen LogP contribution < -0.4 is 10.1 Å². The smallest absolute Gasteiger partial charge is 0.251 e. The van der Waals surface area contributed by atoms with Crippen LogP contribution >= 0.6 is 0 Å². The van der Waals surface area contributed by atoms with Gasteiger partial charge in [0.2, 0.25) is 0 Å². The number of nitrogens with zero attached hydrogens (tertiary/aromatic N) is 2. The summed E-state index contributed by atoms with van der Waals surface area (Å²) in [5, 5.41) is 3.02. The maximum Gasteiger partial charge on any atom is 0.251 e. The molecule has 5 nitrogen and oxygen atoms in total. The summed E-state index contributed by atoms with van der Waals surface area (Å²) < 4.78 is 8.30. The first-order valence-corrected chi connectivity index (χ1v) is 11.5. The van der Waals surface area contributed by atoms with Crippen molar-refractivity contribution in [1.82, 2.24) is 14.9 Å². The van der Waals surface area contributed by atoms with Crippen LogP contribution in [0, 0.1) is 20.8 Å². The van der Waals surface area contributed by atoms with Gasteiger partial charge in [-0.05, 0) is 68.7 Å². The van der Waals surface area contributed by atoms with E-state index in [1.165, 1.54) is 5.56 Å². The predicted molar refractivity (Wildman–Crippen MR) is 133 cm³/mol. The molecule has 33 heavy (non-hydrogen) atoms. The molecular formula is C28H31N3O2. The van der Waals surface area contributed by atoms with Crippen LogP contribution in [0.15, 0.2) is 66.7 Å². The Morgan fingerprint density at radius 3 is 2.55 bits per heavy atom. The molecule has 0 fully saturated rings. The number of imidazole rings is 1. The van der Waals surface area contributed by atoms with Crippen LogP contribution in [0.2, 0.25) is 0 Å². The number of hydrogen-bond acceptors (Lipinski definition) is 3. The average molecular weight is 442 g/mol. The van der Waals surface area contributed by atoms with Gasteiger partial charge in [-0.25, -0.2) is 4.98 Å². The van der Waals surface area contributed by atoms with E-state index in [9.17, 15) is 4.79 Å². The molecule has 0 unspecified atom stereocenters. The molecule has 1 aromatic heterocycles. The van der Waals surface area contributed by atoms with Crippen LogP contribution in [0.3, 0.4) is 0 Å². The Hall–Kier alpha value is -3.60. The van der Waals surface area contributed by atoms with E-state index in [1.54, 1.807) is 0 Å². The van der Waals surface area contributed by atoms with Gasteiger partial charge in [0.05, 0.1) is 17.6 Å². The molecule has 170 valence electrons. The molecule has 1 N–H and O–H groups in total. The Labute approximate surface area is 195 Å².